The maximum absolute atomic E-state index is 14.4. The first-order valence-corrected chi connectivity index (χ1v) is 19.7. The van der Waals surface area contributed by atoms with E-state index in [0.29, 0.717) is 49.1 Å². The van der Waals surface area contributed by atoms with Crippen molar-refractivity contribution in [2.75, 3.05) is 19.5 Å². The first kappa shape index (κ1) is 45.0. The number of unbranched alkanes of at least 4 members (excludes halogenated alkanes) is 4. The SMILES string of the molecule is CC[C@H](C)[C@@H](C(=O)N1CCC[C@H]1C(=O)N[C@@H](Cc1ccc(O)cc1)C(=O)O)N(C)C(=O)[C@H](Cc1ccc(O)cc1)NC(=O)[C@@H](O)[C@H](N)CCCCCCCCl. The number of nitrogens with one attached hydrogen (secondary N) is 2. The number of hydrogen-bond donors (Lipinski definition) is 7. The number of likely N-dealkylation sites (N-methyl/N-ethyl adjacent to an activating group) is 1. The van der Waals surface area contributed by atoms with Crippen molar-refractivity contribution >= 4 is 41.2 Å². The predicted molar refractivity (Wildman–Crippen MR) is 208 cm³/mol. The van der Waals surface area contributed by atoms with E-state index in [-0.39, 0.29) is 36.8 Å². The van der Waals surface area contributed by atoms with Crippen LogP contribution in [0.25, 0.3) is 0 Å². The monoisotopic (exact) mass is 787 g/mol. The Bertz CT molecular complexity index is 1560. The summed E-state index contributed by atoms with van der Waals surface area (Å²) in [4.78, 5) is 70.5. The summed E-state index contributed by atoms with van der Waals surface area (Å²) >= 11 is 5.74. The Labute approximate surface area is 328 Å². The van der Waals surface area contributed by atoms with E-state index in [9.17, 15) is 44.4 Å². The van der Waals surface area contributed by atoms with E-state index in [0.717, 1.165) is 25.7 Å². The number of alkyl halides is 1. The molecule has 0 aliphatic carbocycles. The Morgan fingerprint density at radius 1 is 0.891 bits per heavy atom. The number of aliphatic carboxylic acids is 1. The maximum atomic E-state index is 14.4. The Balaban J connectivity index is 1.80. The Hall–Kier alpha value is -4.40. The number of carbonyl (C=O) groups is 5. The van der Waals surface area contributed by atoms with Gasteiger partial charge < -0.3 is 46.6 Å². The standard InChI is InChI=1S/C40H58ClN5O9/c1-4-25(2)34(39(53)46-22-10-12-33(46)36(50)44-32(40(54)55)24-27-15-19-29(48)20-16-27)45(3)38(52)31(23-26-13-17-28(47)18-14-26)43-37(51)35(49)30(42)11-8-6-5-7-9-21-41/h13-20,25,30-35,47-49H,4-12,21-24,42H2,1-3H3,(H,43,51)(H,44,50)(H,54,55)/t25-,30+,31-,32-,33-,34-,35-/m0/s1. The lowest BCUT2D eigenvalue weighted by atomic mass is 9.94. The Morgan fingerprint density at radius 3 is 1.98 bits per heavy atom. The number of phenolic OH excluding ortho intramolecular Hbond substituents is 2. The van der Waals surface area contributed by atoms with E-state index in [1.807, 2.05) is 13.8 Å². The van der Waals surface area contributed by atoms with E-state index in [1.54, 1.807) is 24.3 Å². The van der Waals surface area contributed by atoms with Gasteiger partial charge in [-0.25, -0.2) is 4.79 Å². The minimum atomic E-state index is -1.59. The number of hydrogen-bond acceptors (Lipinski definition) is 9. The normalized spacial score (nSPS) is 17.3. The molecule has 1 heterocycles. The summed E-state index contributed by atoms with van der Waals surface area (Å²) in [5.74, 6) is -3.58. The van der Waals surface area contributed by atoms with Gasteiger partial charge in [0.2, 0.25) is 17.7 Å². The van der Waals surface area contributed by atoms with Crippen LogP contribution in [0.1, 0.15) is 82.8 Å². The summed E-state index contributed by atoms with van der Waals surface area (Å²) in [6.45, 7) is 3.89. The molecule has 2 aromatic rings. The number of benzene rings is 2. The quantitative estimate of drug-likeness (QED) is 0.0683. The molecule has 4 amide bonds. The molecule has 55 heavy (non-hydrogen) atoms. The molecule has 0 unspecified atom stereocenters. The van der Waals surface area contributed by atoms with Gasteiger partial charge in [-0.2, -0.15) is 0 Å². The second-order valence-electron chi connectivity index (χ2n) is 14.5. The molecule has 1 fully saturated rings. The van der Waals surface area contributed by atoms with Crippen LogP contribution in [-0.4, -0.2) is 116 Å². The second kappa shape index (κ2) is 22.2. The highest BCUT2D eigenvalue weighted by molar-refractivity contribution is 6.17. The smallest absolute Gasteiger partial charge is 0.326 e. The van der Waals surface area contributed by atoms with Crippen LogP contribution in [-0.2, 0) is 36.8 Å². The number of phenols is 2. The van der Waals surface area contributed by atoms with Crippen LogP contribution in [0.5, 0.6) is 11.5 Å². The highest BCUT2D eigenvalue weighted by Crippen LogP contribution is 2.25. The minimum Gasteiger partial charge on any atom is -0.508 e. The number of nitrogens with zero attached hydrogens (tertiary/aromatic N) is 2. The third-order valence-electron chi connectivity index (χ3n) is 10.4. The molecule has 304 valence electrons. The summed E-state index contributed by atoms with van der Waals surface area (Å²) in [5, 5.41) is 45.4. The molecule has 1 aliphatic heterocycles. The zero-order valence-electron chi connectivity index (χ0n) is 32.0. The van der Waals surface area contributed by atoms with Crippen LogP contribution in [0, 0.1) is 5.92 Å². The van der Waals surface area contributed by atoms with Crippen molar-refractivity contribution in [3.05, 3.63) is 59.7 Å². The molecular formula is C40H58ClN5O9. The van der Waals surface area contributed by atoms with Gasteiger partial charge in [-0.1, -0.05) is 70.2 Å². The van der Waals surface area contributed by atoms with Crippen molar-refractivity contribution in [2.24, 2.45) is 11.7 Å². The Kier molecular flexibility index (Phi) is 18.2. The van der Waals surface area contributed by atoms with E-state index in [4.69, 9.17) is 17.3 Å². The Morgan fingerprint density at radius 2 is 1.44 bits per heavy atom. The van der Waals surface area contributed by atoms with Crippen molar-refractivity contribution in [3.63, 3.8) is 0 Å². The van der Waals surface area contributed by atoms with E-state index >= 15 is 0 Å². The van der Waals surface area contributed by atoms with Crippen molar-refractivity contribution in [2.45, 2.75) is 121 Å². The number of aliphatic hydroxyl groups is 1. The number of carbonyl (C=O) groups excluding carboxylic acids is 4. The van der Waals surface area contributed by atoms with E-state index in [1.165, 1.54) is 41.1 Å². The highest BCUT2D eigenvalue weighted by Gasteiger charge is 2.43. The maximum Gasteiger partial charge on any atom is 0.326 e. The number of halogens is 1. The number of rotatable bonds is 22. The summed E-state index contributed by atoms with van der Waals surface area (Å²) in [5.41, 5.74) is 7.39. The van der Waals surface area contributed by atoms with Crippen molar-refractivity contribution < 1.29 is 44.4 Å². The first-order chi connectivity index (χ1) is 26.2. The number of carboxylic acids is 1. The molecule has 0 saturated carbocycles. The van der Waals surface area contributed by atoms with Gasteiger partial charge in [-0.05, 0) is 67.0 Å². The molecule has 0 radical (unpaired) electrons. The van der Waals surface area contributed by atoms with Crippen LogP contribution in [0.4, 0.5) is 0 Å². The minimum absolute atomic E-state index is 0.0125. The van der Waals surface area contributed by atoms with Gasteiger partial charge in [0.05, 0.1) is 0 Å². The average Bonchev–Trinajstić information content (AvgIpc) is 3.67. The number of nitrogens with two attached hydrogens (primary N) is 1. The third kappa shape index (κ3) is 13.4. The molecule has 2 aromatic carbocycles. The van der Waals surface area contributed by atoms with Gasteiger partial charge in [0.25, 0.3) is 5.91 Å². The number of likely N-dealkylation sites (tertiary alicyclic amines) is 1. The topological polar surface area (TPSA) is 223 Å². The fourth-order valence-electron chi connectivity index (χ4n) is 6.89. The number of aromatic hydroxyl groups is 2. The molecule has 0 bridgehead atoms. The molecule has 15 heteroatoms. The summed E-state index contributed by atoms with van der Waals surface area (Å²) in [7, 11) is 1.46. The van der Waals surface area contributed by atoms with Gasteiger partial charge in [0, 0.05) is 38.4 Å². The third-order valence-corrected chi connectivity index (χ3v) is 10.6. The van der Waals surface area contributed by atoms with Crippen molar-refractivity contribution in [3.8, 4) is 11.5 Å². The van der Waals surface area contributed by atoms with Gasteiger partial charge in [-0.3, -0.25) is 19.2 Å². The van der Waals surface area contributed by atoms with Crippen LogP contribution >= 0.6 is 11.6 Å². The van der Waals surface area contributed by atoms with Gasteiger partial charge in [0.15, 0.2) is 0 Å². The largest absolute Gasteiger partial charge is 0.508 e. The van der Waals surface area contributed by atoms with Crippen molar-refractivity contribution in [1.82, 2.24) is 20.4 Å². The predicted octanol–water partition coefficient (Wildman–Crippen LogP) is 3.07. The summed E-state index contributed by atoms with van der Waals surface area (Å²) in [6.07, 6.45) is 4.42. The second-order valence-corrected chi connectivity index (χ2v) is 14.9. The number of aliphatic hydroxyl groups excluding tert-OH is 1. The summed E-state index contributed by atoms with van der Waals surface area (Å²) in [6, 6.07) is 6.65. The van der Waals surface area contributed by atoms with Gasteiger partial charge in [-0.15, -0.1) is 11.6 Å². The zero-order valence-corrected chi connectivity index (χ0v) is 32.8. The lowest BCUT2D eigenvalue weighted by Gasteiger charge is -2.38. The number of amides is 4. The highest BCUT2D eigenvalue weighted by atomic mass is 35.5. The van der Waals surface area contributed by atoms with Crippen LogP contribution < -0.4 is 16.4 Å². The summed E-state index contributed by atoms with van der Waals surface area (Å²) < 4.78 is 0. The number of carboxylic acid groups (broad SMARTS) is 1. The molecule has 7 atom stereocenters. The van der Waals surface area contributed by atoms with E-state index < -0.39 is 65.9 Å². The van der Waals surface area contributed by atoms with Crippen molar-refractivity contribution in [1.29, 1.82) is 0 Å². The van der Waals surface area contributed by atoms with Crippen LogP contribution in [0.15, 0.2) is 48.5 Å². The fraction of sp³-hybridized carbons (Fsp3) is 0.575. The van der Waals surface area contributed by atoms with Gasteiger partial charge >= 0.3 is 5.97 Å². The molecule has 1 saturated heterocycles. The molecule has 14 nitrogen and oxygen atoms in total. The van der Waals surface area contributed by atoms with Crippen LogP contribution in [0.2, 0.25) is 0 Å². The molecule has 1 aliphatic rings. The average molecular weight is 788 g/mol. The molecule has 8 N–H and O–H groups in total. The lowest BCUT2D eigenvalue weighted by Crippen LogP contribution is -2.60. The van der Waals surface area contributed by atoms with Gasteiger partial charge in [0.1, 0.15) is 41.8 Å². The zero-order chi connectivity index (χ0) is 40.7. The molecule has 0 spiro atoms. The van der Waals surface area contributed by atoms with E-state index in [2.05, 4.69) is 10.6 Å². The molecule has 0 aromatic heterocycles. The first-order valence-electron chi connectivity index (χ1n) is 19.1. The molecule has 3 rings (SSSR count). The fourth-order valence-corrected chi connectivity index (χ4v) is 7.08. The van der Waals surface area contributed by atoms with Crippen LogP contribution in [0.3, 0.4) is 0 Å². The molecular weight excluding hydrogens is 730 g/mol. The lowest BCUT2D eigenvalue weighted by molar-refractivity contribution is -0.151.